The first kappa shape index (κ1) is 25.5. The summed E-state index contributed by atoms with van der Waals surface area (Å²) < 4.78 is 12.7. The number of hydrogen-bond donors (Lipinski definition) is 1. The number of amides is 1. The van der Waals surface area contributed by atoms with Crippen LogP contribution < -0.4 is 10.1 Å². The summed E-state index contributed by atoms with van der Waals surface area (Å²) in [5.74, 6) is 1.30. The summed E-state index contributed by atoms with van der Waals surface area (Å²) in [5, 5.41) is 13.1. The van der Waals surface area contributed by atoms with Crippen LogP contribution in [0.4, 0.5) is 5.00 Å². The topological polar surface area (TPSA) is 95.3 Å². The van der Waals surface area contributed by atoms with Gasteiger partial charge in [-0.1, -0.05) is 36.4 Å². The summed E-state index contributed by atoms with van der Waals surface area (Å²) in [5.41, 5.74) is 1.50. The van der Waals surface area contributed by atoms with E-state index in [2.05, 4.69) is 22.4 Å². The smallest absolute Gasteiger partial charge is 0.341 e. The Balaban J connectivity index is 1.41. The van der Waals surface area contributed by atoms with Crippen LogP contribution in [-0.2, 0) is 29.4 Å². The summed E-state index contributed by atoms with van der Waals surface area (Å²) in [6, 6.07) is 7.16. The highest BCUT2D eigenvalue weighted by atomic mass is 35.5. The second-order valence-corrected chi connectivity index (χ2v) is 11.0. The molecule has 3 aromatic rings. The predicted octanol–water partition coefficient (Wildman–Crippen LogP) is 5.31. The summed E-state index contributed by atoms with van der Waals surface area (Å²) in [4.78, 5) is 26.4. The molecule has 8 nitrogen and oxygen atoms in total. The van der Waals surface area contributed by atoms with Crippen LogP contribution in [0, 0.1) is 5.92 Å². The number of thiophene rings is 1. The van der Waals surface area contributed by atoms with Gasteiger partial charge in [-0.05, 0) is 55.9 Å². The molecule has 0 saturated heterocycles. The number of rotatable bonds is 8. The van der Waals surface area contributed by atoms with E-state index in [0.29, 0.717) is 38.2 Å². The van der Waals surface area contributed by atoms with Gasteiger partial charge in [0.05, 0.1) is 18.4 Å². The first-order valence-electron chi connectivity index (χ1n) is 11.2. The largest absolute Gasteiger partial charge is 0.483 e. The number of hydrogen-bond acceptors (Lipinski definition) is 8. The second kappa shape index (κ2) is 11.0. The Labute approximate surface area is 217 Å². The Hall–Kier alpha value is -2.56. The monoisotopic (exact) mass is 534 g/mol. The Kier molecular flexibility index (Phi) is 8.03. The lowest BCUT2D eigenvalue weighted by Gasteiger charge is -2.18. The zero-order valence-electron chi connectivity index (χ0n) is 20.0. The number of esters is 1. The van der Waals surface area contributed by atoms with Crippen LogP contribution in [-0.4, -0.2) is 39.5 Å². The molecule has 186 valence electrons. The number of carbonyl (C=O) groups is 2. The minimum absolute atomic E-state index is 0.120. The molecule has 0 spiro atoms. The Morgan fingerprint density at radius 2 is 2.17 bits per heavy atom. The predicted molar refractivity (Wildman–Crippen MR) is 138 cm³/mol. The molecule has 35 heavy (non-hydrogen) atoms. The standard InChI is InChI=1S/C24H27ClN4O4S2/c1-13-8-9-17-18(10-13)35-22(20(17)23(31)32-4)26-19(30)12-34-24-28-27-21(29(24)3)14(2)33-16-7-5-6-15(25)11-16/h5-7,11,13-14H,8-10,12H2,1-4H3,(H,26,30). The quantitative estimate of drug-likeness (QED) is 0.309. The van der Waals surface area contributed by atoms with Gasteiger partial charge in [-0.3, -0.25) is 4.79 Å². The molecule has 0 bridgehead atoms. The van der Waals surface area contributed by atoms with Gasteiger partial charge in [-0.15, -0.1) is 21.5 Å². The number of aromatic nitrogens is 3. The molecule has 1 aliphatic rings. The Morgan fingerprint density at radius 1 is 1.37 bits per heavy atom. The van der Waals surface area contributed by atoms with E-state index < -0.39 is 5.97 Å². The number of benzene rings is 1. The third-order valence-corrected chi connectivity index (χ3v) is 8.25. The number of nitrogens with one attached hydrogen (secondary N) is 1. The molecule has 2 aromatic heterocycles. The molecular formula is C24H27ClN4O4S2. The number of halogens is 1. The molecule has 11 heteroatoms. The lowest BCUT2D eigenvalue weighted by Crippen LogP contribution is -2.17. The minimum atomic E-state index is -0.411. The van der Waals surface area contributed by atoms with Crippen LogP contribution in [0.5, 0.6) is 5.75 Å². The van der Waals surface area contributed by atoms with Crippen molar-refractivity contribution in [3.05, 3.63) is 51.1 Å². The van der Waals surface area contributed by atoms with Gasteiger partial charge in [0.15, 0.2) is 17.1 Å². The van der Waals surface area contributed by atoms with Crippen molar-refractivity contribution in [3.63, 3.8) is 0 Å². The molecule has 4 rings (SSSR count). The number of fused-ring (bicyclic) bond motifs is 1. The van der Waals surface area contributed by atoms with Gasteiger partial charge in [0.25, 0.3) is 0 Å². The molecule has 0 saturated carbocycles. The zero-order valence-corrected chi connectivity index (χ0v) is 22.4. The van der Waals surface area contributed by atoms with E-state index in [-0.39, 0.29) is 17.8 Å². The van der Waals surface area contributed by atoms with Crippen molar-refractivity contribution in [1.29, 1.82) is 0 Å². The van der Waals surface area contributed by atoms with Crippen molar-refractivity contribution in [2.24, 2.45) is 13.0 Å². The number of methoxy groups -OCH3 is 1. The Morgan fingerprint density at radius 3 is 2.91 bits per heavy atom. The Bertz CT molecular complexity index is 1240. The van der Waals surface area contributed by atoms with E-state index in [0.717, 1.165) is 29.7 Å². The molecule has 1 aromatic carbocycles. The van der Waals surface area contributed by atoms with E-state index in [9.17, 15) is 9.59 Å². The van der Waals surface area contributed by atoms with Gasteiger partial charge in [-0.2, -0.15) is 0 Å². The van der Waals surface area contributed by atoms with E-state index in [1.54, 1.807) is 16.7 Å². The van der Waals surface area contributed by atoms with Crippen molar-refractivity contribution in [1.82, 2.24) is 14.8 Å². The van der Waals surface area contributed by atoms with Crippen molar-refractivity contribution in [3.8, 4) is 5.75 Å². The second-order valence-electron chi connectivity index (χ2n) is 8.50. The molecule has 1 amide bonds. The molecule has 2 unspecified atom stereocenters. The van der Waals surface area contributed by atoms with E-state index in [1.807, 2.05) is 26.1 Å². The summed E-state index contributed by atoms with van der Waals surface area (Å²) in [6.07, 6.45) is 2.38. The van der Waals surface area contributed by atoms with Gasteiger partial charge >= 0.3 is 5.97 Å². The van der Waals surface area contributed by atoms with Crippen LogP contribution in [0.25, 0.3) is 0 Å². The molecule has 0 radical (unpaired) electrons. The first-order valence-corrected chi connectivity index (χ1v) is 13.4. The van der Waals surface area contributed by atoms with Crippen molar-refractivity contribution >= 4 is 51.6 Å². The lowest BCUT2D eigenvalue weighted by atomic mass is 9.88. The number of anilines is 1. The van der Waals surface area contributed by atoms with Gasteiger partial charge in [0, 0.05) is 16.9 Å². The number of thioether (sulfide) groups is 1. The highest BCUT2D eigenvalue weighted by Gasteiger charge is 2.29. The zero-order chi connectivity index (χ0) is 25.1. The average molecular weight is 535 g/mol. The molecule has 0 fully saturated rings. The van der Waals surface area contributed by atoms with Crippen LogP contribution in [0.2, 0.25) is 5.02 Å². The van der Waals surface area contributed by atoms with Gasteiger partial charge in [0.1, 0.15) is 10.8 Å². The minimum Gasteiger partial charge on any atom is -0.483 e. The van der Waals surface area contributed by atoms with Crippen molar-refractivity contribution in [2.45, 2.75) is 44.4 Å². The maximum Gasteiger partial charge on any atom is 0.341 e. The van der Waals surface area contributed by atoms with Gasteiger partial charge in [-0.25, -0.2) is 4.79 Å². The van der Waals surface area contributed by atoms with E-state index >= 15 is 0 Å². The third kappa shape index (κ3) is 5.82. The summed E-state index contributed by atoms with van der Waals surface area (Å²) >= 11 is 8.77. The summed E-state index contributed by atoms with van der Waals surface area (Å²) in [6.45, 7) is 4.07. The SMILES string of the molecule is COC(=O)c1c(NC(=O)CSc2nnc(C(C)Oc3cccc(Cl)c3)n2C)sc2c1CCC(C)C2. The fourth-order valence-electron chi connectivity index (χ4n) is 4.05. The van der Waals surface area contributed by atoms with Crippen LogP contribution in [0.3, 0.4) is 0 Å². The van der Waals surface area contributed by atoms with Gasteiger partial charge < -0.3 is 19.4 Å². The molecular weight excluding hydrogens is 508 g/mol. The third-order valence-electron chi connectivity index (χ3n) is 5.83. The van der Waals surface area contributed by atoms with Gasteiger partial charge in [0.2, 0.25) is 5.91 Å². The van der Waals surface area contributed by atoms with Crippen LogP contribution in [0.15, 0.2) is 29.4 Å². The fourth-order valence-corrected chi connectivity index (χ4v) is 6.37. The van der Waals surface area contributed by atoms with Crippen molar-refractivity contribution < 1.29 is 19.1 Å². The number of nitrogens with zero attached hydrogens (tertiary/aromatic N) is 3. The molecule has 2 heterocycles. The normalized spacial score (nSPS) is 15.9. The lowest BCUT2D eigenvalue weighted by molar-refractivity contribution is -0.113. The summed E-state index contributed by atoms with van der Waals surface area (Å²) in [7, 11) is 3.19. The molecule has 1 aliphatic carbocycles. The van der Waals surface area contributed by atoms with Crippen LogP contribution in [0.1, 0.15) is 53.0 Å². The maximum absolute atomic E-state index is 12.8. The van der Waals surface area contributed by atoms with Crippen molar-refractivity contribution in [2.75, 3.05) is 18.2 Å². The molecule has 0 aliphatic heterocycles. The fraction of sp³-hybridized carbons (Fsp3) is 0.417. The van der Waals surface area contributed by atoms with E-state index in [4.69, 9.17) is 21.1 Å². The highest BCUT2D eigenvalue weighted by Crippen LogP contribution is 2.40. The number of carbonyl (C=O) groups excluding carboxylic acids is 2. The van der Waals surface area contributed by atoms with Crippen LogP contribution >= 0.6 is 34.7 Å². The maximum atomic E-state index is 12.8. The first-order chi connectivity index (χ1) is 16.8. The number of ether oxygens (including phenoxy) is 2. The molecule has 2 atom stereocenters. The molecule has 1 N–H and O–H groups in total. The van der Waals surface area contributed by atoms with E-state index in [1.165, 1.54) is 30.2 Å². The highest BCUT2D eigenvalue weighted by molar-refractivity contribution is 7.99. The average Bonchev–Trinajstić information content (AvgIpc) is 3.36.